The first-order valence-corrected chi connectivity index (χ1v) is 8.98. The normalized spacial score (nSPS) is 12.2. The van der Waals surface area contributed by atoms with Crippen molar-refractivity contribution in [3.63, 3.8) is 0 Å². The summed E-state index contributed by atoms with van der Waals surface area (Å²) in [6.45, 7) is 0.690. The van der Waals surface area contributed by atoms with Gasteiger partial charge in [-0.3, -0.25) is 9.59 Å². The quantitative estimate of drug-likeness (QED) is 0.685. The number of carbonyl (C=O) groups is 1. The lowest BCUT2D eigenvalue weighted by Gasteiger charge is -2.18. The number of para-hydroxylation sites is 1. The first-order valence-electron chi connectivity index (χ1n) is 7.59. The molecule has 1 unspecified atom stereocenters. The monoisotopic (exact) mass is 351 g/mol. The molecule has 1 amide bonds. The highest BCUT2D eigenvalue weighted by atomic mass is 32.2. The Kier molecular flexibility index (Phi) is 6.62. The van der Waals surface area contributed by atoms with E-state index in [-0.39, 0.29) is 5.91 Å². The summed E-state index contributed by atoms with van der Waals surface area (Å²) in [5.74, 6) is 0.296. The van der Waals surface area contributed by atoms with E-state index in [4.69, 9.17) is 4.74 Å². The summed E-state index contributed by atoms with van der Waals surface area (Å²) in [7, 11) is 1.54. The average Bonchev–Trinajstić information content (AvgIpc) is 2.57. The summed E-state index contributed by atoms with van der Waals surface area (Å²) in [5.41, 5.74) is -0.568. The molecule has 130 valence electrons. The fraction of sp³-hybridized carbons (Fsp3) is 0.438. The first-order chi connectivity index (χ1) is 11.6. The van der Waals surface area contributed by atoms with Gasteiger partial charge in [0, 0.05) is 13.7 Å². The number of carbonyl (C=O) groups excluding carboxylic acids is 1. The maximum atomic E-state index is 12.7. The van der Waals surface area contributed by atoms with Crippen LogP contribution in [0.4, 0.5) is 0 Å². The third-order valence-electron chi connectivity index (χ3n) is 3.65. The Bertz CT molecular complexity index is 815. The minimum absolute atomic E-state index is 0.325. The Morgan fingerprint density at radius 2 is 2.12 bits per heavy atom. The predicted octanol–water partition coefficient (Wildman–Crippen LogP) is 0.747. The van der Waals surface area contributed by atoms with Crippen LogP contribution in [0.1, 0.15) is 12.5 Å². The minimum atomic E-state index is -0.852. The number of rotatable bonds is 8. The lowest BCUT2D eigenvalue weighted by Crippen LogP contribution is -2.45. The van der Waals surface area contributed by atoms with Gasteiger partial charge in [-0.25, -0.2) is 9.36 Å². The van der Waals surface area contributed by atoms with Crippen LogP contribution in [0, 0.1) is 0 Å². The number of nitrogens with zero attached hydrogens (tertiary/aromatic N) is 1. The zero-order valence-corrected chi connectivity index (χ0v) is 14.5. The van der Waals surface area contributed by atoms with Gasteiger partial charge in [0.05, 0.1) is 17.5 Å². The van der Waals surface area contributed by atoms with Crippen LogP contribution in [-0.4, -0.2) is 47.7 Å². The molecule has 2 aromatic rings. The van der Waals surface area contributed by atoms with E-state index < -0.39 is 17.3 Å². The van der Waals surface area contributed by atoms with Crippen LogP contribution in [0.15, 0.2) is 33.9 Å². The number of methoxy groups -OCH3 is 1. The second-order valence-corrected chi connectivity index (χ2v) is 6.22. The summed E-state index contributed by atoms with van der Waals surface area (Å²) >= 11 is 1.55. The van der Waals surface area contributed by atoms with Gasteiger partial charge in [-0.05, 0) is 30.6 Å². The maximum Gasteiger partial charge on any atom is 0.329 e. The van der Waals surface area contributed by atoms with Gasteiger partial charge < -0.3 is 15.0 Å². The van der Waals surface area contributed by atoms with Crippen molar-refractivity contribution in [1.82, 2.24) is 14.9 Å². The summed E-state index contributed by atoms with van der Waals surface area (Å²) in [5, 5.41) is 3.09. The summed E-state index contributed by atoms with van der Waals surface area (Å²) in [6.07, 6.45) is 2.30. The molecule has 0 saturated carbocycles. The van der Waals surface area contributed by atoms with Crippen molar-refractivity contribution in [2.75, 3.05) is 32.3 Å². The van der Waals surface area contributed by atoms with Crippen LogP contribution in [0.3, 0.4) is 0 Å². The number of benzene rings is 1. The number of aromatic nitrogens is 2. The molecule has 24 heavy (non-hydrogen) atoms. The van der Waals surface area contributed by atoms with Crippen LogP contribution >= 0.6 is 11.8 Å². The van der Waals surface area contributed by atoms with Gasteiger partial charge in [0.2, 0.25) is 5.91 Å². The highest BCUT2D eigenvalue weighted by Gasteiger charge is 2.24. The zero-order chi connectivity index (χ0) is 17.5. The Labute approximate surface area is 143 Å². The highest BCUT2D eigenvalue weighted by Crippen LogP contribution is 2.13. The second kappa shape index (κ2) is 8.70. The zero-order valence-electron chi connectivity index (χ0n) is 13.7. The molecule has 0 fully saturated rings. The number of thioether (sulfide) groups is 1. The Morgan fingerprint density at radius 1 is 1.38 bits per heavy atom. The maximum absolute atomic E-state index is 12.7. The van der Waals surface area contributed by atoms with E-state index in [1.54, 1.807) is 36.0 Å². The van der Waals surface area contributed by atoms with Gasteiger partial charge in [0.15, 0.2) is 0 Å². The first kappa shape index (κ1) is 18.3. The van der Waals surface area contributed by atoms with E-state index in [0.717, 1.165) is 4.57 Å². The van der Waals surface area contributed by atoms with E-state index in [9.17, 15) is 14.4 Å². The molecule has 2 N–H and O–H groups in total. The third kappa shape index (κ3) is 4.07. The standard InChI is InChI=1S/C16H21N3O4S/c1-23-9-8-17-14(20)13(7-10-24-2)19-15(21)11-5-3-4-6-12(11)18-16(19)22/h3-6,13H,7-10H2,1-2H3,(H,17,20)(H,18,22). The molecular formula is C16H21N3O4S. The molecule has 1 heterocycles. The van der Waals surface area contributed by atoms with Gasteiger partial charge in [0.25, 0.3) is 5.56 Å². The molecule has 7 nitrogen and oxygen atoms in total. The molecule has 0 bridgehead atoms. The van der Waals surface area contributed by atoms with Crippen molar-refractivity contribution in [3.05, 3.63) is 45.1 Å². The number of ether oxygens (including phenoxy) is 1. The van der Waals surface area contributed by atoms with E-state index in [1.165, 1.54) is 7.11 Å². The van der Waals surface area contributed by atoms with Crippen LogP contribution < -0.4 is 16.6 Å². The number of hydrogen-bond donors (Lipinski definition) is 2. The average molecular weight is 351 g/mol. The minimum Gasteiger partial charge on any atom is -0.383 e. The van der Waals surface area contributed by atoms with Crippen LogP contribution in [0.2, 0.25) is 0 Å². The van der Waals surface area contributed by atoms with Crippen LogP contribution in [-0.2, 0) is 9.53 Å². The summed E-state index contributed by atoms with van der Waals surface area (Å²) in [6, 6.07) is 5.92. The van der Waals surface area contributed by atoms with Gasteiger partial charge in [-0.15, -0.1) is 0 Å². The molecule has 8 heteroatoms. The van der Waals surface area contributed by atoms with Crippen molar-refractivity contribution < 1.29 is 9.53 Å². The molecule has 0 radical (unpaired) electrons. The largest absolute Gasteiger partial charge is 0.383 e. The van der Waals surface area contributed by atoms with Crippen molar-refractivity contribution in [3.8, 4) is 0 Å². The molecular weight excluding hydrogens is 330 g/mol. The number of amides is 1. The van der Waals surface area contributed by atoms with E-state index in [2.05, 4.69) is 10.3 Å². The molecule has 1 aromatic heterocycles. The number of aromatic amines is 1. The van der Waals surface area contributed by atoms with Crippen molar-refractivity contribution in [2.45, 2.75) is 12.5 Å². The lowest BCUT2D eigenvalue weighted by molar-refractivity contribution is -0.124. The fourth-order valence-electron chi connectivity index (χ4n) is 2.46. The van der Waals surface area contributed by atoms with E-state index >= 15 is 0 Å². The van der Waals surface area contributed by atoms with Gasteiger partial charge in [0.1, 0.15) is 6.04 Å². The summed E-state index contributed by atoms with van der Waals surface area (Å²) in [4.78, 5) is 40.3. The van der Waals surface area contributed by atoms with E-state index in [0.29, 0.717) is 36.2 Å². The topological polar surface area (TPSA) is 93.2 Å². The van der Waals surface area contributed by atoms with Gasteiger partial charge in [-0.1, -0.05) is 12.1 Å². The van der Waals surface area contributed by atoms with Crippen molar-refractivity contribution in [2.24, 2.45) is 0 Å². The molecule has 0 saturated heterocycles. The molecule has 0 aliphatic carbocycles. The molecule has 1 atom stereocenters. The lowest BCUT2D eigenvalue weighted by atomic mass is 10.2. The second-order valence-electron chi connectivity index (χ2n) is 5.23. The Morgan fingerprint density at radius 3 is 2.83 bits per heavy atom. The van der Waals surface area contributed by atoms with Crippen LogP contribution in [0.5, 0.6) is 0 Å². The molecule has 1 aromatic carbocycles. The van der Waals surface area contributed by atoms with E-state index in [1.807, 2.05) is 6.26 Å². The molecule has 0 spiro atoms. The number of fused-ring (bicyclic) bond motifs is 1. The third-order valence-corrected chi connectivity index (χ3v) is 4.30. The van der Waals surface area contributed by atoms with Crippen molar-refractivity contribution >= 4 is 28.6 Å². The smallest absolute Gasteiger partial charge is 0.329 e. The number of nitrogens with one attached hydrogen (secondary N) is 2. The SMILES string of the molecule is COCCNC(=O)C(CCSC)n1c(=O)[nH]c2ccccc2c1=O. The summed E-state index contributed by atoms with van der Waals surface area (Å²) < 4.78 is 5.92. The van der Waals surface area contributed by atoms with Crippen molar-refractivity contribution in [1.29, 1.82) is 0 Å². The highest BCUT2D eigenvalue weighted by molar-refractivity contribution is 7.98. The van der Waals surface area contributed by atoms with Gasteiger partial charge >= 0.3 is 5.69 Å². The Balaban J connectivity index is 2.45. The van der Waals surface area contributed by atoms with Gasteiger partial charge in [-0.2, -0.15) is 11.8 Å². The fourth-order valence-corrected chi connectivity index (χ4v) is 2.92. The Hall–Kier alpha value is -2.06. The van der Waals surface area contributed by atoms with Crippen LogP contribution in [0.25, 0.3) is 10.9 Å². The predicted molar refractivity (Wildman–Crippen MR) is 95.8 cm³/mol. The molecule has 0 aliphatic heterocycles. The number of H-pyrrole nitrogens is 1. The molecule has 2 rings (SSSR count). The molecule has 0 aliphatic rings. The number of hydrogen-bond acceptors (Lipinski definition) is 5.